The minimum atomic E-state index is -0.644. The van der Waals surface area contributed by atoms with Crippen molar-refractivity contribution in [2.45, 2.75) is 39.1 Å². The second-order valence-electron chi connectivity index (χ2n) is 5.22. The standard InChI is InChI=1S/C15H20FNO3/c1-10-8-17(9-11(2)19-10)15(18)12(3)20-14-6-4-5-13(16)7-14/h4-7,10-12H,8-9H2,1-3H3. The summed E-state index contributed by atoms with van der Waals surface area (Å²) in [6.45, 7) is 6.67. The molecule has 2 rings (SSSR count). The van der Waals surface area contributed by atoms with Gasteiger partial charge < -0.3 is 14.4 Å². The SMILES string of the molecule is CC1CN(C(=O)C(C)Oc2cccc(F)c2)CC(C)O1. The molecule has 0 aromatic heterocycles. The molecule has 5 heteroatoms. The Morgan fingerprint density at radius 3 is 2.65 bits per heavy atom. The summed E-state index contributed by atoms with van der Waals surface area (Å²) in [6, 6.07) is 5.80. The lowest BCUT2D eigenvalue weighted by molar-refractivity contribution is -0.149. The number of amides is 1. The lowest BCUT2D eigenvalue weighted by Gasteiger charge is -2.36. The fraction of sp³-hybridized carbons (Fsp3) is 0.533. The van der Waals surface area contributed by atoms with Crippen LogP contribution in [-0.2, 0) is 9.53 Å². The number of hydrogen-bond acceptors (Lipinski definition) is 3. The van der Waals surface area contributed by atoms with Crippen molar-refractivity contribution < 1.29 is 18.7 Å². The van der Waals surface area contributed by atoms with Gasteiger partial charge >= 0.3 is 0 Å². The van der Waals surface area contributed by atoms with Crippen LogP contribution in [0.3, 0.4) is 0 Å². The van der Waals surface area contributed by atoms with E-state index in [-0.39, 0.29) is 23.9 Å². The van der Waals surface area contributed by atoms with Gasteiger partial charge in [-0.1, -0.05) is 6.07 Å². The van der Waals surface area contributed by atoms with Crippen LogP contribution in [0.1, 0.15) is 20.8 Å². The average Bonchev–Trinajstić information content (AvgIpc) is 2.36. The number of benzene rings is 1. The predicted octanol–water partition coefficient (Wildman–Crippen LogP) is 2.23. The summed E-state index contributed by atoms with van der Waals surface area (Å²) >= 11 is 0. The molecule has 1 saturated heterocycles. The van der Waals surface area contributed by atoms with Gasteiger partial charge in [0.15, 0.2) is 6.10 Å². The molecule has 110 valence electrons. The molecule has 1 fully saturated rings. The fourth-order valence-corrected chi connectivity index (χ4v) is 2.41. The molecular formula is C15H20FNO3. The largest absolute Gasteiger partial charge is 0.481 e. The Bertz CT molecular complexity index is 470. The summed E-state index contributed by atoms with van der Waals surface area (Å²) in [6.07, 6.45) is -0.609. The van der Waals surface area contributed by atoms with Crippen molar-refractivity contribution in [2.24, 2.45) is 0 Å². The Morgan fingerprint density at radius 2 is 2.05 bits per heavy atom. The third kappa shape index (κ3) is 3.70. The number of halogens is 1. The van der Waals surface area contributed by atoms with Crippen LogP contribution in [0.5, 0.6) is 5.75 Å². The van der Waals surface area contributed by atoms with Crippen LogP contribution < -0.4 is 4.74 Å². The topological polar surface area (TPSA) is 38.8 Å². The van der Waals surface area contributed by atoms with Gasteiger partial charge in [0.25, 0.3) is 5.91 Å². The van der Waals surface area contributed by atoms with Crippen molar-refractivity contribution >= 4 is 5.91 Å². The molecule has 1 amide bonds. The van der Waals surface area contributed by atoms with Crippen LogP contribution in [-0.4, -0.2) is 42.2 Å². The van der Waals surface area contributed by atoms with E-state index in [0.717, 1.165) is 0 Å². The van der Waals surface area contributed by atoms with Crippen molar-refractivity contribution in [3.05, 3.63) is 30.1 Å². The number of carbonyl (C=O) groups excluding carboxylic acids is 1. The Morgan fingerprint density at radius 1 is 1.40 bits per heavy atom. The van der Waals surface area contributed by atoms with Gasteiger partial charge in [0.2, 0.25) is 0 Å². The van der Waals surface area contributed by atoms with Gasteiger partial charge in [0.05, 0.1) is 12.2 Å². The number of nitrogens with zero attached hydrogens (tertiary/aromatic N) is 1. The van der Waals surface area contributed by atoms with E-state index in [2.05, 4.69) is 0 Å². The second kappa shape index (κ2) is 6.22. The highest BCUT2D eigenvalue weighted by atomic mass is 19.1. The highest BCUT2D eigenvalue weighted by molar-refractivity contribution is 5.81. The van der Waals surface area contributed by atoms with Gasteiger partial charge in [-0.15, -0.1) is 0 Å². The van der Waals surface area contributed by atoms with Gasteiger partial charge in [0.1, 0.15) is 11.6 Å². The van der Waals surface area contributed by atoms with Crippen molar-refractivity contribution in [3.63, 3.8) is 0 Å². The summed E-state index contributed by atoms with van der Waals surface area (Å²) in [5.41, 5.74) is 0. The van der Waals surface area contributed by atoms with Crippen molar-refractivity contribution in [3.8, 4) is 5.75 Å². The maximum atomic E-state index is 13.1. The zero-order valence-electron chi connectivity index (χ0n) is 12.0. The molecule has 0 aliphatic carbocycles. The smallest absolute Gasteiger partial charge is 0.263 e. The van der Waals surface area contributed by atoms with Crippen LogP contribution in [0.4, 0.5) is 4.39 Å². The Kier molecular flexibility index (Phi) is 4.60. The minimum Gasteiger partial charge on any atom is -0.481 e. The van der Waals surface area contributed by atoms with Crippen LogP contribution >= 0.6 is 0 Å². The normalized spacial score (nSPS) is 24.3. The van der Waals surface area contributed by atoms with Gasteiger partial charge in [0, 0.05) is 19.2 Å². The van der Waals surface area contributed by atoms with Crippen LogP contribution in [0.25, 0.3) is 0 Å². The predicted molar refractivity (Wildman–Crippen MR) is 73.1 cm³/mol. The van der Waals surface area contributed by atoms with E-state index in [0.29, 0.717) is 18.8 Å². The van der Waals surface area contributed by atoms with Gasteiger partial charge in [-0.2, -0.15) is 0 Å². The van der Waals surface area contributed by atoms with E-state index in [1.54, 1.807) is 24.0 Å². The fourth-order valence-electron chi connectivity index (χ4n) is 2.41. The first kappa shape index (κ1) is 14.8. The number of carbonyl (C=O) groups is 1. The van der Waals surface area contributed by atoms with Crippen LogP contribution in [0.15, 0.2) is 24.3 Å². The van der Waals surface area contributed by atoms with E-state index in [1.165, 1.54) is 12.1 Å². The zero-order valence-corrected chi connectivity index (χ0v) is 12.0. The molecule has 0 saturated carbocycles. The van der Waals surface area contributed by atoms with E-state index in [4.69, 9.17) is 9.47 Å². The molecule has 0 bridgehead atoms. The average molecular weight is 281 g/mol. The first-order valence-electron chi connectivity index (χ1n) is 6.82. The third-order valence-electron chi connectivity index (χ3n) is 3.19. The van der Waals surface area contributed by atoms with E-state index in [1.807, 2.05) is 13.8 Å². The van der Waals surface area contributed by atoms with Crippen molar-refractivity contribution in [2.75, 3.05) is 13.1 Å². The van der Waals surface area contributed by atoms with Crippen LogP contribution in [0.2, 0.25) is 0 Å². The monoisotopic (exact) mass is 281 g/mol. The molecule has 0 radical (unpaired) electrons. The number of morpholine rings is 1. The highest BCUT2D eigenvalue weighted by Gasteiger charge is 2.29. The Labute approximate surface area is 118 Å². The zero-order chi connectivity index (χ0) is 14.7. The lowest BCUT2D eigenvalue weighted by atomic mass is 10.2. The molecule has 3 atom stereocenters. The number of ether oxygens (including phenoxy) is 2. The van der Waals surface area contributed by atoms with Crippen molar-refractivity contribution in [1.82, 2.24) is 4.90 Å². The van der Waals surface area contributed by atoms with Gasteiger partial charge in [-0.3, -0.25) is 4.79 Å². The molecule has 1 aromatic rings. The van der Waals surface area contributed by atoms with Crippen molar-refractivity contribution in [1.29, 1.82) is 0 Å². The summed E-state index contributed by atoms with van der Waals surface area (Å²) < 4.78 is 24.2. The molecule has 1 aliphatic heterocycles. The molecular weight excluding hydrogens is 261 g/mol. The molecule has 1 aromatic carbocycles. The Hall–Kier alpha value is -1.62. The number of hydrogen-bond donors (Lipinski definition) is 0. The second-order valence-corrected chi connectivity index (χ2v) is 5.22. The van der Waals surface area contributed by atoms with E-state index >= 15 is 0 Å². The molecule has 20 heavy (non-hydrogen) atoms. The Balaban J connectivity index is 1.98. The molecule has 3 unspecified atom stereocenters. The third-order valence-corrected chi connectivity index (χ3v) is 3.19. The lowest BCUT2D eigenvalue weighted by Crippen LogP contribution is -2.51. The highest BCUT2D eigenvalue weighted by Crippen LogP contribution is 2.17. The quantitative estimate of drug-likeness (QED) is 0.853. The summed E-state index contributed by atoms with van der Waals surface area (Å²) in [5.74, 6) is -0.118. The molecule has 4 nitrogen and oxygen atoms in total. The molecule has 1 heterocycles. The maximum absolute atomic E-state index is 13.1. The van der Waals surface area contributed by atoms with E-state index < -0.39 is 6.10 Å². The summed E-state index contributed by atoms with van der Waals surface area (Å²) in [7, 11) is 0. The molecule has 0 spiro atoms. The first-order chi connectivity index (χ1) is 9.45. The summed E-state index contributed by atoms with van der Waals surface area (Å²) in [5, 5.41) is 0. The molecule has 0 N–H and O–H groups in total. The van der Waals surface area contributed by atoms with Crippen LogP contribution in [0, 0.1) is 5.82 Å². The van der Waals surface area contributed by atoms with E-state index in [9.17, 15) is 9.18 Å². The maximum Gasteiger partial charge on any atom is 0.263 e. The van der Waals surface area contributed by atoms with Gasteiger partial charge in [-0.25, -0.2) is 4.39 Å². The first-order valence-corrected chi connectivity index (χ1v) is 6.82. The molecule has 1 aliphatic rings. The summed E-state index contributed by atoms with van der Waals surface area (Å²) in [4.78, 5) is 14.1. The number of rotatable bonds is 3. The van der Waals surface area contributed by atoms with Gasteiger partial charge in [-0.05, 0) is 32.9 Å². The minimum absolute atomic E-state index is 0.0177.